The number of nitrogens with one attached hydrogen (secondary N) is 2. The topological polar surface area (TPSA) is 95.1 Å². The van der Waals surface area contributed by atoms with E-state index in [9.17, 15) is 9.59 Å². The third kappa shape index (κ3) is 4.25. The SMILES string of the molecule is CC(C)(C)OC(=O)N[C@@H]1[C@H]2OC(C)(C)O[C@H]2O[C@@H]1C(=O)NC1C=CC=C1. The van der Waals surface area contributed by atoms with Crippen molar-refractivity contribution in [1.29, 1.82) is 0 Å². The third-order valence-corrected chi connectivity index (χ3v) is 4.05. The zero-order valence-corrected chi connectivity index (χ0v) is 15.6. The molecule has 2 aliphatic heterocycles. The molecule has 0 aromatic rings. The first kappa shape index (κ1) is 18.9. The van der Waals surface area contributed by atoms with Gasteiger partial charge in [0, 0.05) is 0 Å². The Balaban J connectivity index is 1.72. The van der Waals surface area contributed by atoms with Gasteiger partial charge in [-0.1, -0.05) is 24.3 Å². The van der Waals surface area contributed by atoms with Crippen LogP contribution in [-0.2, 0) is 23.7 Å². The molecule has 2 fully saturated rings. The van der Waals surface area contributed by atoms with Gasteiger partial charge in [-0.2, -0.15) is 0 Å². The summed E-state index contributed by atoms with van der Waals surface area (Å²) >= 11 is 0. The number of fused-ring (bicyclic) bond motifs is 1. The summed E-state index contributed by atoms with van der Waals surface area (Å²) in [5.74, 6) is -1.21. The molecule has 0 radical (unpaired) electrons. The van der Waals surface area contributed by atoms with Crippen LogP contribution in [0.25, 0.3) is 0 Å². The highest BCUT2D eigenvalue weighted by molar-refractivity contribution is 5.84. The van der Waals surface area contributed by atoms with Crippen LogP contribution < -0.4 is 10.6 Å². The van der Waals surface area contributed by atoms with E-state index in [-0.39, 0.29) is 11.9 Å². The number of rotatable bonds is 3. The minimum atomic E-state index is -0.948. The monoisotopic (exact) mass is 366 g/mol. The van der Waals surface area contributed by atoms with Crippen LogP contribution in [0.15, 0.2) is 24.3 Å². The molecule has 8 nitrogen and oxygen atoms in total. The van der Waals surface area contributed by atoms with Gasteiger partial charge < -0.3 is 29.6 Å². The molecule has 0 aromatic carbocycles. The fraction of sp³-hybridized carbons (Fsp3) is 0.667. The van der Waals surface area contributed by atoms with E-state index in [0.29, 0.717) is 0 Å². The lowest BCUT2D eigenvalue weighted by Crippen LogP contribution is -2.54. The van der Waals surface area contributed by atoms with E-state index in [0.717, 1.165) is 0 Å². The van der Waals surface area contributed by atoms with Crippen LogP contribution in [0.3, 0.4) is 0 Å². The van der Waals surface area contributed by atoms with Gasteiger partial charge in [0.2, 0.25) is 0 Å². The molecule has 4 atom stereocenters. The van der Waals surface area contributed by atoms with E-state index < -0.39 is 42.0 Å². The molecule has 3 aliphatic rings. The Morgan fingerprint density at radius 2 is 1.73 bits per heavy atom. The second kappa shape index (κ2) is 6.68. The second-order valence-electron chi connectivity index (χ2n) is 8.00. The second-order valence-corrected chi connectivity index (χ2v) is 8.00. The third-order valence-electron chi connectivity index (χ3n) is 4.05. The Morgan fingerprint density at radius 3 is 2.35 bits per heavy atom. The lowest BCUT2D eigenvalue weighted by molar-refractivity contribution is -0.208. The summed E-state index contributed by atoms with van der Waals surface area (Å²) in [6.07, 6.45) is 4.45. The highest BCUT2D eigenvalue weighted by Crippen LogP contribution is 2.37. The van der Waals surface area contributed by atoms with Crippen LogP contribution in [0.5, 0.6) is 0 Å². The highest BCUT2D eigenvalue weighted by atomic mass is 16.8. The summed E-state index contributed by atoms with van der Waals surface area (Å²) in [7, 11) is 0. The van der Waals surface area contributed by atoms with Crippen LogP contribution in [0.2, 0.25) is 0 Å². The molecule has 2 N–H and O–H groups in total. The van der Waals surface area contributed by atoms with Gasteiger partial charge in [0.1, 0.15) is 11.7 Å². The van der Waals surface area contributed by atoms with Crippen molar-refractivity contribution < 1.29 is 28.5 Å². The largest absolute Gasteiger partial charge is 0.444 e. The molecular weight excluding hydrogens is 340 g/mol. The maximum absolute atomic E-state index is 12.7. The number of amides is 2. The lowest BCUT2D eigenvalue weighted by Gasteiger charge is -2.27. The van der Waals surface area contributed by atoms with Crippen molar-refractivity contribution in [1.82, 2.24) is 10.6 Å². The van der Waals surface area contributed by atoms with Gasteiger partial charge in [-0.15, -0.1) is 0 Å². The number of ether oxygens (including phenoxy) is 4. The van der Waals surface area contributed by atoms with Crippen molar-refractivity contribution in [3.63, 3.8) is 0 Å². The van der Waals surface area contributed by atoms with Crippen LogP contribution >= 0.6 is 0 Å². The number of carbonyl (C=O) groups excluding carboxylic acids is 2. The van der Waals surface area contributed by atoms with E-state index in [1.165, 1.54) is 0 Å². The number of hydrogen-bond donors (Lipinski definition) is 2. The average molecular weight is 366 g/mol. The zero-order valence-electron chi connectivity index (χ0n) is 15.6. The maximum atomic E-state index is 12.7. The van der Waals surface area contributed by atoms with Gasteiger partial charge in [0.25, 0.3) is 5.91 Å². The summed E-state index contributed by atoms with van der Waals surface area (Å²) in [5, 5.41) is 5.55. The van der Waals surface area contributed by atoms with Crippen LogP contribution in [0.4, 0.5) is 4.79 Å². The summed E-state index contributed by atoms with van der Waals surface area (Å²) in [5.41, 5.74) is -0.660. The first-order chi connectivity index (χ1) is 12.0. The summed E-state index contributed by atoms with van der Waals surface area (Å²) in [4.78, 5) is 24.9. The molecule has 3 rings (SSSR count). The van der Waals surface area contributed by atoms with E-state index in [1.807, 2.05) is 24.3 Å². The number of carbonyl (C=O) groups is 2. The average Bonchev–Trinajstić information content (AvgIpc) is 3.13. The van der Waals surface area contributed by atoms with Gasteiger partial charge in [-0.05, 0) is 34.6 Å². The minimum Gasteiger partial charge on any atom is -0.444 e. The minimum absolute atomic E-state index is 0.202. The molecular formula is C18H26N2O6. The Hall–Kier alpha value is -1.90. The summed E-state index contributed by atoms with van der Waals surface area (Å²) < 4.78 is 22.6. The fourth-order valence-electron chi connectivity index (χ4n) is 3.11. The van der Waals surface area contributed by atoms with E-state index in [4.69, 9.17) is 18.9 Å². The molecule has 0 unspecified atom stereocenters. The standard InChI is InChI=1S/C18H26N2O6/c1-17(2,3)26-16(22)20-11-12(14(21)19-10-8-6-7-9-10)23-15-13(11)24-18(4,5)25-15/h6-13,15H,1-5H3,(H,19,21)(H,20,22)/t11-,12-,13+,15+/m0/s1. The highest BCUT2D eigenvalue weighted by Gasteiger charge is 2.57. The molecule has 0 saturated carbocycles. The van der Waals surface area contributed by atoms with Gasteiger partial charge in [-0.3, -0.25) is 4.79 Å². The quantitative estimate of drug-likeness (QED) is 0.783. The number of hydrogen-bond acceptors (Lipinski definition) is 6. The summed E-state index contributed by atoms with van der Waals surface area (Å²) in [6, 6.07) is -0.932. The molecule has 26 heavy (non-hydrogen) atoms. The number of allylic oxidation sites excluding steroid dienone is 2. The zero-order chi connectivity index (χ0) is 19.1. The van der Waals surface area contributed by atoms with Crippen molar-refractivity contribution in [2.75, 3.05) is 0 Å². The Bertz CT molecular complexity index is 624. The molecule has 0 spiro atoms. The first-order valence-electron chi connectivity index (χ1n) is 8.70. The Kier molecular flexibility index (Phi) is 4.85. The van der Waals surface area contributed by atoms with E-state index in [2.05, 4.69) is 10.6 Å². The van der Waals surface area contributed by atoms with Crippen molar-refractivity contribution in [3.05, 3.63) is 24.3 Å². The molecule has 0 bridgehead atoms. The maximum Gasteiger partial charge on any atom is 0.408 e. The lowest BCUT2D eigenvalue weighted by atomic mass is 10.1. The normalized spacial score (nSPS) is 32.5. The number of alkyl carbamates (subject to hydrolysis) is 1. The van der Waals surface area contributed by atoms with Crippen molar-refractivity contribution in [3.8, 4) is 0 Å². The van der Waals surface area contributed by atoms with Crippen LogP contribution in [0.1, 0.15) is 34.6 Å². The fourth-order valence-corrected chi connectivity index (χ4v) is 3.11. The molecule has 2 heterocycles. The molecule has 2 amide bonds. The van der Waals surface area contributed by atoms with Gasteiger partial charge in [0.05, 0.1) is 12.1 Å². The Morgan fingerprint density at radius 1 is 1.08 bits per heavy atom. The molecule has 2 saturated heterocycles. The molecule has 0 aromatic heterocycles. The smallest absolute Gasteiger partial charge is 0.408 e. The summed E-state index contributed by atoms with van der Waals surface area (Å²) in [6.45, 7) is 8.80. The van der Waals surface area contributed by atoms with Crippen LogP contribution in [0, 0.1) is 0 Å². The molecule has 8 heteroatoms. The van der Waals surface area contributed by atoms with E-state index >= 15 is 0 Å². The predicted molar refractivity (Wildman–Crippen MR) is 92.1 cm³/mol. The van der Waals surface area contributed by atoms with Crippen molar-refractivity contribution in [2.45, 2.75) is 76.6 Å². The predicted octanol–water partition coefficient (Wildman–Crippen LogP) is 1.37. The first-order valence-corrected chi connectivity index (χ1v) is 8.70. The van der Waals surface area contributed by atoms with Gasteiger partial charge in [-0.25, -0.2) is 4.79 Å². The van der Waals surface area contributed by atoms with Crippen LogP contribution in [-0.4, -0.2) is 54.0 Å². The van der Waals surface area contributed by atoms with E-state index in [1.54, 1.807) is 34.6 Å². The van der Waals surface area contributed by atoms with Crippen molar-refractivity contribution >= 4 is 12.0 Å². The molecule has 1 aliphatic carbocycles. The van der Waals surface area contributed by atoms with Gasteiger partial charge in [0.15, 0.2) is 18.2 Å². The van der Waals surface area contributed by atoms with Crippen molar-refractivity contribution in [2.24, 2.45) is 0 Å². The Labute approximate surface area is 152 Å². The van der Waals surface area contributed by atoms with Gasteiger partial charge >= 0.3 is 6.09 Å². The molecule has 144 valence electrons.